The molecule has 4 heteroatoms. The van der Waals surface area contributed by atoms with Crippen LogP contribution in [0.1, 0.15) is 35.0 Å². The number of amides is 1. The molecular formula is C14H20N2OS. The van der Waals surface area contributed by atoms with Crippen LogP contribution in [0.15, 0.2) is 11.4 Å². The smallest absolute Gasteiger partial charge is 0.264 e. The molecule has 2 aliphatic heterocycles. The van der Waals surface area contributed by atoms with Crippen molar-refractivity contribution in [3.63, 3.8) is 0 Å². The highest BCUT2D eigenvalue weighted by Gasteiger charge is 2.38. The molecule has 1 aromatic heterocycles. The molecule has 0 aliphatic carbocycles. The monoisotopic (exact) mass is 264 g/mol. The zero-order chi connectivity index (χ0) is 12.5. The maximum atomic E-state index is 12.7. The first-order valence-electron chi connectivity index (χ1n) is 6.89. The van der Waals surface area contributed by atoms with Gasteiger partial charge in [-0.2, -0.15) is 0 Å². The second-order valence-electron chi connectivity index (χ2n) is 5.25. The topological polar surface area (TPSA) is 32.3 Å². The van der Waals surface area contributed by atoms with Gasteiger partial charge in [-0.1, -0.05) is 6.92 Å². The van der Waals surface area contributed by atoms with Crippen LogP contribution in [0.2, 0.25) is 0 Å². The van der Waals surface area contributed by atoms with E-state index in [1.807, 2.05) is 5.38 Å². The summed E-state index contributed by atoms with van der Waals surface area (Å²) >= 11 is 1.60. The van der Waals surface area contributed by atoms with Crippen molar-refractivity contribution in [2.75, 3.05) is 19.6 Å². The second kappa shape index (κ2) is 5.02. The standard InChI is InChI=1S/C14H20N2OS/c1-2-10-5-7-18-13(10)14(17)16-6-3-4-11-8-15-9-12(11)16/h5,7,11-12,15H,2-4,6,8-9H2,1H3. The number of aryl methyl sites for hydroxylation is 1. The van der Waals surface area contributed by atoms with Crippen LogP contribution in [0.5, 0.6) is 0 Å². The number of hydrogen-bond acceptors (Lipinski definition) is 3. The van der Waals surface area contributed by atoms with E-state index in [0.29, 0.717) is 12.0 Å². The Kier molecular flexibility index (Phi) is 3.39. The average molecular weight is 264 g/mol. The summed E-state index contributed by atoms with van der Waals surface area (Å²) in [5.41, 5.74) is 1.21. The lowest BCUT2D eigenvalue weighted by atomic mass is 9.92. The molecule has 2 aliphatic rings. The van der Waals surface area contributed by atoms with Gasteiger partial charge in [0.15, 0.2) is 0 Å². The van der Waals surface area contributed by atoms with Crippen molar-refractivity contribution in [3.05, 3.63) is 21.9 Å². The molecule has 1 amide bonds. The Morgan fingerprint density at radius 1 is 1.56 bits per heavy atom. The molecule has 0 spiro atoms. The highest BCUT2D eigenvalue weighted by molar-refractivity contribution is 7.12. The largest absolute Gasteiger partial charge is 0.333 e. The molecule has 0 bridgehead atoms. The van der Waals surface area contributed by atoms with E-state index in [-0.39, 0.29) is 5.91 Å². The Morgan fingerprint density at radius 2 is 2.44 bits per heavy atom. The van der Waals surface area contributed by atoms with Gasteiger partial charge in [0.25, 0.3) is 5.91 Å². The van der Waals surface area contributed by atoms with Crippen LogP contribution in [0.25, 0.3) is 0 Å². The van der Waals surface area contributed by atoms with E-state index in [9.17, 15) is 4.79 Å². The lowest BCUT2D eigenvalue weighted by Gasteiger charge is -2.37. The molecule has 3 rings (SSSR count). The fourth-order valence-electron chi connectivity index (χ4n) is 3.25. The summed E-state index contributed by atoms with van der Waals surface area (Å²) in [6.07, 6.45) is 3.37. The Balaban J connectivity index is 1.83. The maximum Gasteiger partial charge on any atom is 0.264 e. The fourth-order valence-corrected chi connectivity index (χ4v) is 4.20. The molecule has 18 heavy (non-hydrogen) atoms. The van der Waals surface area contributed by atoms with Crippen molar-refractivity contribution in [1.82, 2.24) is 10.2 Å². The van der Waals surface area contributed by atoms with E-state index in [0.717, 1.165) is 37.4 Å². The van der Waals surface area contributed by atoms with Crippen molar-refractivity contribution in [3.8, 4) is 0 Å². The van der Waals surface area contributed by atoms with Crippen molar-refractivity contribution in [2.45, 2.75) is 32.2 Å². The average Bonchev–Trinajstić information content (AvgIpc) is 3.05. The molecule has 2 saturated heterocycles. The van der Waals surface area contributed by atoms with E-state index in [4.69, 9.17) is 0 Å². The maximum absolute atomic E-state index is 12.7. The van der Waals surface area contributed by atoms with Crippen LogP contribution in [-0.2, 0) is 6.42 Å². The van der Waals surface area contributed by atoms with Crippen molar-refractivity contribution >= 4 is 17.2 Å². The minimum Gasteiger partial charge on any atom is -0.333 e. The molecule has 0 aromatic carbocycles. The predicted molar refractivity (Wildman–Crippen MR) is 74.1 cm³/mol. The van der Waals surface area contributed by atoms with Gasteiger partial charge in [-0.15, -0.1) is 11.3 Å². The first kappa shape index (κ1) is 12.2. The molecule has 2 atom stereocenters. The minimum absolute atomic E-state index is 0.264. The number of nitrogens with zero attached hydrogens (tertiary/aromatic N) is 1. The summed E-state index contributed by atoms with van der Waals surface area (Å²) in [6, 6.07) is 2.52. The predicted octanol–water partition coefficient (Wildman–Crippen LogP) is 2.13. The van der Waals surface area contributed by atoms with Crippen LogP contribution in [0.4, 0.5) is 0 Å². The van der Waals surface area contributed by atoms with Gasteiger partial charge in [0, 0.05) is 25.7 Å². The lowest BCUT2D eigenvalue weighted by Crippen LogP contribution is -2.48. The molecule has 1 aromatic rings. The van der Waals surface area contributed by atoms with Gasteiger partial charge < -0.3 is 10.2 Å². The lowest BCUT2D eigenvalue weighted by molar-refractivity contribution is 0.0579. The van der Waals surface area contributed by atoms with Gasteiger partial charge in [0.05, 0.1) is 4.88 Å². The molecule has 2 unspecified atom stereocenters. The second-order valence-corrected chi connectivity index (χ2v) is 6.17. The van der Waals surface area contributed by atoms with Crippen molar-refractivity contribution in [1.29, 1.82) is 0 Å². The molecule has 2 fully saturated rings. The summed E-state index contributed by atoms with van der Waals surface area (Å²) in [6.45, 7) is 5.11. The Hall–Kier alpha value is -0.870. The minimum atomic E-state index is 0.264. The summed E-state index contributed by atoms with van der Waals surface area (Å²) in [5, 5.41) is 5.47. The Labute approximate surface area is 112 Å². The summed E-state index contributed by atoms with van der Waals surface area (Å²) in [7, 11) is 0. The quantitative estimate of drug-likeness (QED) is 0.887. The van der Waals surface area contributed by atoms with Crippen molar-refractivity contribution in [2.24, 2.45) is 5.92 Å². The number of fused-ring (bicyclic) bond motifs is 1. The summed E-state index contributed by atoms with van der Waals surface area (Å²) in [4.78, 5) is 15.8. The zero-order valence-corrected chi connectivity index (χ0v) is 11.6. The number of carbonyl (C=O) groups is 1. The zero-order valence-electron chi connectivity index (χ0n) is 10.8. The SMILES string of the molecule is CCc1ccsc1C(=O)N1CCCC2CNCC21. The number of hydrogen-bond donors (Lipinski definition) is 1. The van der Waals surface area contributed by atoms with Crippen LogP contribution in [-0.4, -0.2) is 36.5 Å². The third-order valence-electron chi connectivity index (χ3n) is 4.26. The number of nitrogens with one attached hydrogen (secondary N) is 1. The number of piperidine rings is 1. The molecule has 3 heterocycles. The van der Waals surface area contributed by atoms with Gasteiger partial charge in [-0.25, -0.2) is 0 Å². The van der Waals surface area contributed by atoms with E-state index in [1.165, 1.54) is 12.0 Å². The van der Waals surface area contributed by atoms with E-state index in [2.05, 4.69) is 23.2 Å². The molecule has 98 valence electrons. The summed E-state index contributed by atoms with van der Waals surface area (Å²) in [5.74, 6) is 0.938. The molecule has 3 nitrogen and oxygen atoms in total. The van der Waals surface area contributed by atoms with Crippen LogP contribution < -0.4 is 5.32 Å². The van der Waals surface area contributed by atoms with Crippen LogP contribution >= 0.6 is 11.3 Å². The van der Waals surface area contributed by atoms with Gasteiger partial charge in [0.1, 0.15) is 0 Å². The number of carbonyl (C=O) groups excluding carboxylic acids is 1. The number of thiophene rings is 1. The molecule has 0 radical (unpaired) electrons. The van der Waals surface area contributed by atoms with Crippen LogP contribution in [0.3, 0.4) is 0 Å². The van der Waals surface area contributed by atoms with E-state index >= 15 is 0 Å². The molecule has 0 saturated carbocycles. The third-order valence-corrected chi connectivity index (χ3v) is 5.21. The number of rotatable bonds is 2. The van der Waals surface area contributed by atoms with Gasteiger partial charge in [-0.3, -0.25) is 4.79 Å². The highest BCUT2D eigenvalue weighted by atomic mass is 32.1. The molecular weight excluding hydrogens is 244 g/mol. The van der Waals surface area contributed by atoms with Gasteiger partial charge >= 0.3 is 0 Å². The Morgan fingerprint density at radius 3 is 3.28 bits per heavy atom. The summed E-state index contributed by atoms with van der Waals surface area (Å²) < 4.78 is 0. The van der Waals surface area contributed by atoms with Gasteiger partial charge in [-0.05, 0) is 42.2 Å². The first-order valence-corrected chi connectivity index (χ1v) is 7.77. The number of likely N-dealkylation sites (tertiary alicyclic amines) is 1. The van der Waals surface area contributed by atoms with E-state index in [1.54, 1.807) is 11.3 Å². The third kappa shape index (κ3) is 1.97. The van der Waals surface area contributed by atoms with Gasteiger partial charge in [0.2, 0.25) is 0 Å². The van der Waals surface area contributed by atoms with E-state index < -0.39 is 0 Å². The normalized spacial score (nSPS) is 27.3. The first-order chi connectivity index (χ1) is 8.81. The van der Waals surface area contributed by atoms with Crippen molar-refractivity contribution < 1.29 is 4.79 Å². The molecule has 1 N–H and O–H groups in total. The van der Waals surface area contributed by atoms with Crippen LogP contribution in [0, 0.1) is 5.92 Å². The fraction of sp³-hybridized carbons (Fsp3) is 0.643. The highest BCUT2D eigenvalue weighted by Crippen LogP contribution is 2.29. The Bertz CT molecular complexity index is 443.